The van der Waals surface area contributed by atoms with Gasteiger partial charge in [0.05, 0.1) is 0 Å². The summed E-state index contributed by atoms with van der Waals surface area (Å²) in [6.45, 7) is 0. The molecule has 0 aliphatic rings. The van der Waals surface area contributed by atoms with Crippen LogP contribution in [0.2, 0.25) is 0 Å². The molecule has 0 saturated carbocycles. The van der Waals surface area contributed by atoms with Crippen LogP contribution in [0.4, 0.5) is 4.39 Å². The zero-order chi connectivity index (χ0) is 14.8. The van der Waals surface area contributed by atoms with Gasteiger partial charge in [0.15, 0.2) is 0 Å². The maximum atomic E-state index is 13.1. The second-order valence-corrected chi connectivity index (χ2v) is 7.08. The minimum absolute atomic E-state index is 0.201. The minimum atomic E-state index is -0.337. The van der Waals surface area contributed by atoms with Crippen molar-refractivity contribution in [1.29, 1.82) is 0 Å². The van der Waals surface area contributed by atoms with E-state index in [1.165, 1.54) is 12.1 Å². The van der Waals surface area contributed by atoms with Gasteiger partial charge in [0.2, 0.25) is 0 Å². The Morgan fingerprint density at radius 2 is 1.67 bits per heavy atom. The zero-order valence-electron chi connectivity index (χ0n) is 11.0. The number of nitrogens with zero attached hydrogens (tertiary/aromatic N) is 2. The second kappa shape index (κ2) is 5.85. The van der Waals surface area contributed by atoms with Crippen molar-refractivity contribution in [3.8, 4) is 22.4 Å². The molecule has 0 radical (unpaired) electrons. The number of rotatable bonds is 2. The fourth-order valence-corrected chi connectivity index (χ4v) is 3.36. The van der Waals surface area contributed by atoms with Gasteiger partial charge in [-0.25, -0.2) is 0 Å². The molecule has 21 heavy (non-hydrogen) atoms. The molecule has 0 saturated heterocycles. The molecule has 0 amide bonds. The van der Waals surface area contributed by atoms with Crippen LogP contribution < -0.4 is 8.89 Å². The van der Waals surface area contributed by atoms with Gasteiger partial charge in [0, 0.05) is 0 Å². The van der Waals surface area contributed by atoms with Gasteiger partial charge >= 0.3 is 136 Å². The molecule has 6 heteroatoms. The molecule has 3 rings (SSSR count). The third kappa shape index (κ3) is 2.92. The van der Waals surface area contributed by atoms with Crippen LogP contribution in [0.25, 0.3) is 22.4 Å². The molecule has 2 aromatic heterocycles. The molecule has 0 bridgehead atoms. The molecule has 0 aliphatic carbocycles. The van der Waals surface area contributed by atoms with Crippen molar-refractivity contribution < 1.29 is 30.5 Å². The van der Waals surface area contributed by atoms with E-state index >= 15 is 0 Å². The first-order valence-electron chi connectivity index (χ1n) is 6.28. The fourth-order valence-electron chi connectivity index (χ4n) is 2.12. The number of pyridine rings is 1. The average molecular weight is 467 g/mol. The first kappa shape index (κ1) is 14.1. The van der Waals surface area contributed by atoms with Gasteiger partial charge < -0.3 is 0 Å². The predicted molar refractivity (Wildman–Crippen MR) is 73.1 cm³/mol. The summed E-state index contributed by atoms with van der Waals surface area (Å²) < 4.78 is 13.8. The third-order valence-corrected chi connectivity index (χ3v) is 4.36. The van der Waals surface area contributed by atoms with Crippen molar-refractivity contribution in [2.75, 3.05) is 0 Å². The Bertz CT molecular complexity index is 832. The molecule has 3 aromatic rings. The first-order valence-corrected chi connectivity index (χ1v) is 9.02. The number of hydrogen-bond acceptors (Lipinski definition) is 3. The van der Waals surface area contributed by atoms with Gasteiger partial charge in [-0.15, -0.1) is 0 Å². The van der Waals surface area contributed by atoms with Crippen LogP contribution >= 0.6 is 0 Å². The van der Waals surface area contributed by atoms with Crippen LogP contribution in [0.1, 0.15) is 0 Å². The topological polar surface area (TPSA) is 58.6 Å². The summed E-state index contributed by atoms with van der Waals surface area (Å²) in [5.74, 6) is -0.337. The molecule has 1 aromatic carbocycles. The van der Waals surface area contributed by atoms with E-state index < -0.39 is 0 Å². The van der Waals surface area contributed by atoms with Crippen LogP contribution in [0.15, 0.2) is 53.6 Å². The second-order valence-electron chi connectivity index (χ2n) is 4.48. The number of nitrogens with one attached hydrogen (secondary N) is 1. The molecule has 1 N–H and O–H groups in total. The Morgan fingerprint density at radius 3 is 2.33 bits per heavy atom. The van der Waals surface area contributed by atoms with Gasteiger partial charge in [0.25, 0.3) is 0 Å². The normalized spacial score (nSPS) is 10.6. The van der Waals surface area contributed by atoms with E-state index in [0.29, 0.717) is 16.8 Å². The van der Waals surface area contributed by atoms with E-state index in [2.05, 4.69) is 15.0 Å². The number of halogens is 1. The van der Waals surface area contributed by atoms with Gasteiger partial charge in [-0.3, -0.25) is 0 Å². The van der Waals surface area contributed by atoms with E-state index in [9.17, 15) is 9.18 Å². The Morgan fingerprint density at radius 1 is 1.00 bits per heavy atom. The van der Waals surface area contributed by atoms with E-state index in [4.69, 9.17) is 0 Å². The number of benzene rings is 1. The fraction of sp³-hybridized carbons (Fsp3) is 0. The van der Waals surface area contributed by atoms with Crippen molar-refractivity contribution in [1.82, 2.24) is 15.0 Å². The van der Waals surface area contributed by atoms with E-state index in [-0.39, 0.29) is 37.5 Å². The van der Waals surface area contributed by atoms with E-state index in [1.807, 2.05) is 12.1 Å². The van der Waals surface area contributed by atoms with Crippen molar-refractivity contribution >= 4 is 3.33 Å². The van der Waals surface area contributed by atoms with Crippen molar-refractivity contribution in [2.45, 2.75) is 0 Å². The molecular weight excluding hydrogens is 458 g/mol. The molecular formula is C15H9FHgN3O. The van der Waals surface area contributed by atoms with Gasteiger partial charge in [-0.1, -0.05) is 0 Å². The van der Waals surface area contributed by atoms with Crippen LogP contribution in [0.3, 0.4) is 0 Å². The molecule has 4 nitrogen and oxygen atoms in total. The van der Waals surface area contributed by atoms with Crippen molar-refractivity contribution in [3.05, 3.63) is 65.0 Å². The van der Waals surface area contributed by atoms with Gasteiger partial charge in [-0.2, -0.15) is 0 Å². The molecule has 0 fully saturated rings. The number of H-pyrrole nitrogens is 1. The third-order valence-electron chi connectivity index (χ3n) is 3.06. The van der Waals surface area contributed by atoms with E-state index in [0.717, 1.165) is 8.90 Å². The molecule has 0 aliphatic heterocycles. The van der Waals surface area contributed by atoms with Crippen molar-refractivity contribution in [2.24, 2.45) is 0 Å². The molecule has 0 unspecified atom stereocenters. The summed E-state index contributed by atoms with van der Waals surface area (Å²) in [6.07, 6.45) is 3.31. The van der Waals surface area contributed by atoms with Crippen LogP contribution in [-0.4, -0.2) is 15.0 Å². The maximum absolute atomic E-state index is 13.1. The number of aromatic nitrogens is 3. The van der Waals surface area contributed by atoms with Crippen LogP contribution in [-0.2, 0) is 26.1 Å². The zero-order valence-corrected chi connectivity index (χ0v) is 16.5. The van der Waals surface area contributed by atoms with Crippen LogP contribution in [0.5, 0.6) is 0 Å². The molecule has 0 atom stereocenters. The predicted octanol–water partition coefficient (Wildman–Crippen LogP) is 1.81. The first-order chi connectivity index (χ1) is 10.1. The summed E-state index contributed by atoms with van der Waals surface area (Å²) in [5, 5.41) is 0. The number of aromatic amines is 1. The van der Waals surface area contributed by atoms with E-state index in [1.54, 1.807) is 24.5 Å². The van der Waals surface area contributed by atoms with Crippen molar-refractivity contribution in [3.63, 3.8) is 0 Å². The summed E-state index contributed by atoms with van der Waals surface area (Å²) in [5.41, 5.74) is 2.33. The SMILES string of the molecule is O=c1[nH][c]([Hg])nc(-c2ccncc2)c1-c1ccc(F)cc1. The number of hydrogen-bond donors (Lipinski definition) is 1. The Kier molecular flexibility index (Phi) is 3.92. The van der Waals surface area contributed by atoms with Gasteiger partial charge in [0.1, 0.15) is 0 Å². The Hall–Kier alpha value is -1.88. The standard InChI is InChI=1S/C15H9FN3O.Hg/c16-12-3-1-10(2-4-12)13-14(18-9-19-15(13)20)11-5-7-17-8-6-11;/h1-8H,(H,18,19,20);. The monoisotopic (exact) mass is 468 g/mol. The average Bonchev–Trinajstić information content (AvgIpc) is 2.49. The summed E-state index contributed by atoms with van der Waals surface area (Å²) in [7, 11) is 0. The quantitative estimate of drug-likeness (QED) is 0.586. The Balaban J connectivity index is 2.29. The van der Waals surface area contributed by atoms with Gasteiger partial charge in [-0.05, 0) is 0 Å². The van der Waals surface area contributed by atoms with Crippen LogP contribution in [0, 0.1) is 5.82 Å². The summed E-state index contributed by atoms with van der Waals surface area (Å²) in [6, 6.07) is 9.46. The summed E-state index contributed by atoms with van der Waals surface area (Å²) >= 11 is 0.205. The summed E-state index contributed by atoms with van der Waals surface area (Å²) in [4.78, 5) is 23.6. The molecule has 99 valence electrons. The molecule has 0 spiro atoms. The molecule has 2 heterocycles. The Labute approximate surface area is 136 Å².